The molecule has 0 aliphatic carbocycles. The average Bonchev–Trinajstić information content (AvgIpc) is 3.25. The third kappa shape index (κ3) is 5.58. The van der Waals surface area contributed by atoms with Gasteiger partial charge in [-0.15, -0.1) is 0 Å². The van der Waals surface area contributed by atoms with E-state index in [2.05, 4.69) is 15.9 Å². The predicted octanol–water partition coefficient (Wildman–Crippen LogP) is 4.45. The van der Waals surface area contributed by atoms with Crippen molar-refractivity contribution in [3.63, 3.8) is 0 Å². The van der Waals surface area contributed by atoms with Crippen molar-refractivity contribution in [1.82, 2.24) is 0 Å². The molecule has 1 saturated heterocycles. The van der Waals surface area contributed by atoms with Gasteiger partial charge in [-0.25, -0.2) is 4.79 Å². The van der Waals surface area contributed by atoms with E-state index in [0.717, 1.165) is 10.2 Å². The highest BCUT2D eigenvalue weighted by molar-refractivity contribution is 9.10. The molecule has 7 nitrogen and oxygen atoms in total. The third-order valence-electron chi connectivity index (χ3n) is 5.34. The van der Waals surface area contributed by atoms with E-state index < -0.39 is 30.2 Å². The molecular formula is C26H20BrNO6. The van der Waals surface area contributed by atoms with Crippen LogP contribution in [-0.4, -0.2) is 36.8 Å². The minimum absolute atomic E-state index is 0.0420. The molecule has 0 N–H and O–H groups in total. The Kier molecular flexibility index (Phi) is 7.18. The molecule has 0 aromatic heterocycles. The van der Waals surface area contributed by atoms with Crippen LogP contribution in [0.2, 0.25) is 0 Å². The number of esters is 2. The molecule has 8 heteroatoms. The van der Waals surface area contributed by atoms with Gasteiger partial charge in [0.05, 0.1) is 11.5 Å². The SMILES string of the molecule is O=C(COC(=O)C1CC(=O)N(c2ccccc2)C1)c1ccc(OC(=O)c2ccc(Br)cc2)cc1. The normalized spacial score (nSPS) is 15.1. The number of benzene rings is 3. The summed E-state index contributed by atoms with van der Waals surface area (Å²) in [6, 6.07) is 21.8. The summed E-state index contributed by atoms with van der Waals surface area (Å²) in [6.45, 7) is -0.221. The molecule has 1 aliphatic heterocycles. The molecule has 1 amide bonds. The van der Waals surface area contributed by atoms with Gasteiger partial charge in [0.25, 0.3) is 0 Å². The quantitative estimate of drug-likeness (QED) is 0.259. The Bertz CT molecular complexity index is 1210. The topological polar surface area (TPSA) is 90.0 Å². The minimum Gasteiger partial charge on any atom is -0.457 e. The zero-order valence-electron chi connectivity index (χ0n) is 18.0. The smallest absolute Gasteiger partial charge is 0.343 e. The number of Topliss-reactive ketones (excluding diaryl/α,β-unsaturated/α-hetero) is 1. The first-order valence-corrected chi connectivity index (χ1v) is 11.3. The highest BCUT2D eigenvalue weighted by Gasteiger charge is 2.36. The molecule has 0 radical (unpaired) electrons. The Morgan fingerprint density at radius 1 is 0.882 bits per heavy atom. The number of hydrogen-bond donors (Lipinski definition) is 0. The van der Waals surface area contributed by atoms with Crippen molar-refractivity contribution in [1.29, 1.82) is 0 Å². The van der Waals surface area contributed by atoms with Crippen molar-refractivity contribution in [2.45, 2.75) is 6.42 Å². The molecule has 1 unspecified atom stereocenters. The minimum atomic E-state index is -0.624. The van der Waals surface area contributed by atoms with Gasteiger partial charge >= 0.3 is 11.9 Å². The number of carbonyl (C=O) groups is 4. The highest BCUT2D eigenvalue weighted by Crippen LogP contribution is 2.25. The Balaban J connectivity index is 1.28. The van der Waals surface area contributed by atoms with E-state index in [1.54, 1.807) is 41.3 Å². The van der Waals surface area contributed by atoms with Crippen LogP contribution >= 0.6 is 15.9 Å². The largest absolute Gasteiger partial charge is 0.457 e. The van der Waals surface area contributed by atoms with Crippen molar-refractivity contribution in [3.8, 4) is 5.75 Å². The van der Waals surface area contributed by atoms with Gasteiger partial charge in [-0.1, -0.05) is 34.1 Å². The van der Waals surface area contributed by atoms with Gasteiger partial charge in [0.2, 0.25) is 5.91 Å². The van der Waals surface area contributed by atoms with E-state index in [1.165, 1.54) is 24.3 Å². The van der Waals surface area contributed by atoms with Gasteiger partial charge in [-0.3, -0.25) is 14.4 Å². The average molecular weight is 522 g/mol. The maximum atomic E-state index is 12.4. The number of hydrogen-bond acceptors (Lipinski definition) is 6. The van der Waals surface area contributed by atoms with Crippen LogP contribution < -0.4 is 9.64 Å². The van der Waals surface area contributed by atoms with Crippen LogP contribution in [0.15, 0.2) is 83.3 Å². The fraction of sp³-hybridized carbons (Fsp3) is 0.154. The molecule has 172 valence electrons. The van der Waals surface area contributed by atoms with Crippen LogP contribution in [-0.2, 0) is 14.3 Å². The Hall–Kier alpha value is -3.78. The fourth-order valence-electron chi connectivity index (χ4n) is 3.52. The first-order chi connectivity index (χ1) is 16.4. The van der Waals surface area contributed by atoms with Crippen molar-refractivity contribution >= 4 is 45.2 Å². The van der Waals surface area contributed by atoms with E-state index in [-0.39, 0.29) is 24.6 Å². The summed E-state index contributed by atoms with van der Waals surface area (Å²) in [6.07, 6.45) is 0.0420. The lowest BCUT2D eigenvalue weighted by molar-refractivity contribution is -0.147. The summed E-state index contributed by atoms with van der Waals surface area (Å²) in [4.78, 5) is 50.9. The van der Waals surface area contributed by atoms with Gasteiger partial charge in [0.1, 0.15) is 5.75 Å². The number of amides is 1. The fourth-order valence-corrected chi connectivity index (χ4v) is 3.79. The first kappa shape index (κ1) is 23.4. The summed E-state index contributed by atoms with van der Waals surface area (Å²) in [5, 5.41) is 0. The molecule has 1 aliphatic rings. The molecule has 3 aromatic rings. The van der Waals surface area contributed by atoms with Crippen molar-refractivity contribution in [2.75, 3.05) is 18.1 Å². The summed E-state index contributed by atoms with van der Waals surface area (Å²) in [5.74, 6) is -2.00. The highest BCUT2D eigenvalue weighted by atomic mass is 79.9. The van der Waals surface area contributed by atoms with E-state index in [4.69, 9.17) is 9.47 Å². The van der Waals surface area contributed by atoms with Gasteiger partial charge in [0.15, 0.2) is 12.4 Å². The molecule has 1 atom stereocenters. The van der Waals surface area contributed by atoms with Crippen LogP contribution in [0.3, 0.4) is 0 Å². The molecule has 34 heavy (non-hydrogen) atoms. The molecule has 3 aromatic carbocycles. The van der Waals surface area contributed by atoms with E-state index in [1.807, 2.05) is 18.2 Å². The second-order valence-corrected chi connectivity index (χ2v) is 8.61. The number of para-hydroxylation sites is 1. The Labute approximate surface area is 204 Å². The maximum absolute atomic E-state index is 12.4. The standard InChI is InChI=1S/C26H20BrNO6/c27-20-10-6-18(7-11-20)26(32)34-22-12-8-17(9-13-22)23(29)16-33-25(31)19-14-24(30)28(15-19)21-4-2-1-3-5-21/h1-13,19H,14-16H2. The van der Waals surface area contributed by atoms with Gasteiger partial charge in [-0.2, -0.15) is 0 Å². The third-order valence-corrected chi connectivity index (χ3v) is 5.87. The van der Waals surface area contributed by atoms with Crippen LogP contribution in [0, 0.1) is 5.92 Å². The number of anilines is 1. The van der Waals surface area contributed by atoms with Gasteiger partial charge < -0.3 is 14.4 Å². The lowest BCUT2D eigenvalue weighted by atomic mass is 10.1. The van der Waals surface area contributed by atoms with Crippen LogP contribution in [0.1, 0.15) is 27.1 Å². The van der Waals surface area contributed by atoms with E-state index in [0.29, 0.717) is 11.1 Å². The summed E-state index contributed by atoms with van der Waals surface area (Å²) in [5.41, 5.74) is 1.43. The number of halogens is 1. The number of rotatable bonds is 7. The number of ketones is 1. The monoisotopic (exact) mass is 521 g/mol. The van der Waals surface area contributed by atoms with Crippen molar-refractivity contribution in [2.24, 2.45) is 5.92 Å². The number of nitrogens with zero attached hydrogens (tertiary/aromatic N) is 1. The molecule has 0 spiro atoms. The maximum Gasteiger partial charge on any atom is 0.343 e. The van der Waals surface area contributed by atoms with Crippen LogP contribution in [0.25, 0.3) is 0 Å². The molecule has 0 saturated carbocycles. The molecular weight excluding hydrogens is 502 g/mol. The van der Waals surface area contributed by atoms with Crippen molar-refractivity contribution in [3.05, 3.63) is 94.5 Å². The first-order valence-electron chi connectivity index (χ1n) is 10.5. The summed E-state index contributed by atoms with van der Waals surface area (Å²) >= 11 is 3.31. The van der Waals surface area contributed by atoms with Crippen LogP contribution in [0.4, 0.5) is 5.69 Å². The number of ether oxygens (including phenoxy) is 2. The lowest BCUT2D eigenvalue weighted by Gasteiger charge is -2.16. The zero-order chi connectivity index (χ0) is 24.1. The molecule has 4 rings (SSSR count). The van der Waals surface area contributed by atoms with E-state index in [9.17, 15) is 19.2 Å². The summed E-state index contributed by atoms with van der Waals surface area (Å²) in [7, 11) is 0. The summed E-state index contributed by atoms with van der Waals surface area (Å²) < 4.78 is 11.3. The Morgan fingerprint density at radius 3 is 2.21 bits per heavy atom. The van der Waals surface area contributed by atoms with Gasteiger partial charge in [-0.05, 0) is 60.7 Å². The molecule has 0 bridgehead atoms. The predicted molar refractivity (Wildman–Crippen MR) is 128 cm³/mol. The second-order valence-electron chi connectivity index (χ2n) is 7.69. The zero-order valence-corrected chi connectivity index (χ0v) is 19.6. The van der Waals surface area contributed by atoms with Crippen molar-refractivity contribution < 1.29 is 28.7 Å². The molecule has 1 heterocycles. The Morgan fingerprint density at radius 2 is 1.53 bits per heavy atom. The van der Waals surface area contributed by atoms with Crippen LogP contribution in [0.5, 0.6) is 5.75 Å². The number of carbonyl (C=O) groups excluding carboxylic acids is 4. The molecule has 1 fully saturated rings. The lowest BCUT2D eigenvalue weighted by Crippen LogP contribution is -2.27. The van der Waals surface area contributed by atoms with E-state index >= 15 is 0 Å². The van der Waals surface area contributed by atoms with Gasteiger partial charge in [0, 0.05) is 28.7 Å². The second kappa shape index (κ2) is 10.4.